The van der Waals surface area contributed by atoms with Gasteiger partial charge in [0.25, 0.3) is 5.91 Å². The van der Waals surface area contributed by atoms with E-state index in [0.717, 1.165) is 12.8 Å². The summed E-state index contributed by atoms with van der Waals surface area (Å²) in [6.07, 6.45) is 1.53. The highest BCUT2D eigenvalue weighted by atomic mass is 19.1. The summed E-state index contributed by atoms with van der Waals surface area (Å²) < 4.78 is 19.5. The first-order chi connectivity index (χ1) is 9.93. The lowest BCUT2D eigenvalue weighted by atomic mass is 9.93. The maximum Gasteiger partial charge on any atom is 0.253 e. The van der Waals surface area contributed by atoms with Gasteiger partial charge in [0.2, 0.25) is 0 Å². The van der Waals surface area contributed by atoms with E-state index in [1.807, 2.05) is 20.8 Å². The smallest absolute Gasteiger partial charge is 0.253 e. The lowest BCUT2D eigenvalue weighted by Crippen LogP contribution is -2.45. The summed E-state index contributed by atoms with van der Waals surface area (Å²) >= 11 is 0. The molecule has 116 valence electrons. The highest BCUT2D eigenvalue weighted by Crippen LogP contribution is 2.25. The van der Waals surface area contributed by atoms with E-state index < -0.39 is 5.82 Å². The molecule has 0 aromatic heterocycles. The Labute approximate surface area is 125 Å². The largest absolute Gasteiger partial charge is 0.382 e. The van der Waals surface area contributed by atoms with E-state index in [2.05, 4.69) is 10.6 Å². The number of halogens is 1. The van der Waals surface area contributed by atoms with E-state index in [9.17, 15) is 9.18 Å². The van der Waals surface area contributed by atoms with Gasteiger partial charge in [0.05, 0.1) is 16.9 Å². The molecule has 1 fully saturated rings. The minimum absolute atomic E-state index is 0.0546. The van der Waals surface area contributed by atoms with Gasteiger partial charge in [-0.15, -0.1) is 0 Å². The van der Waals surface area contributed by atoms with Gasteiger partial charge in [-0.1, -0.05) is 6.07 Å². The van der Waals surface area contributed by atoms with Gasteiger partial charge in [0.1, 0.15) is 5.82 Å². The van der Waals surface area contributed by atoms with E-state index in [4.69, 9.17) is 4.74 Å². The zero-order valence-corrected chi connectivity index (χ0v) is 12.8. The van der Waals surface area contributed by atoms with Crippen LogP contribution in [0.15, 0.2) is 18.2 Å². The Morgan fingerprint density at radius 3 is 2.90 bits per heavy atom. The molecule has 0 spiro atoms. The summed E-state index contributed by atoms with van der Waals surface area (Å²) in [6.45, 7) is 7.08. The molecule has 4 nitrogen and oxygen atoms in total. The molecule has 5 heteroatoms. The van der Waals surface area contributed by atoms with Crippen molar-refractivity contribution in [1.82, 2.24) is 5.32 Å². The third-order valence-electron chi connectivity index (χ3n) is 3.64. The normalized spacial score (nSPS) is 20.9. The second-order valence-electron chi connectivity index (χ2n) is 5.96. The fraction of sp³-hybridized carbons (Fsp3) is 0.562. The second kappa shape index (κ2) is 6.43. The van der Waals surface area contributed by atoms with Gasteiger partial charge in [-0.05, 0) is 45.7 Å². The lowest BCUT2D eigenvalue weighted by Gasteiger charge is -2.35. The molecule has 1 aliphatic rings. The molecule has 1 aromatic rings. The Hall–Kier alpha value is -1.62. The van der Waals surface area contributed by atoms with Crippen LogP contribution in [-0.4, -0.2) is 30.7 Å². The van der Waals surface area contributed by atoms with Crippen LogP contribution in [0.5, 0.6) is 0 Å². The highest BCUT2D eigenvalue weighted by Gasteiger charge is 2.30. The zero-order chi connectivity index (χ0) is 15.5. The molecule has 1 unspecified atom stereocenters. The monoisotopic (exact) mass is 294 g/mol. The van der Waals surface area contributed by atoms with Crippen molar-refractivity contribution >= 4 is 11.6 Å². The SMILES string of the molecule is CCNc1c(F)cccc1C(=O)NC1CCOC(C)(C)C1. The molecule has 1 amide bonds. The van der Waals surface area contributed by atoms with Crippen molar-refractivity contribution in [3.8, 4) is 0 Å². The number of nitrogens with one attached hydrogen (secondary N) is 2. The summed E-state index contributed by atoms with van der Waals surface area (Å²) in [5, 5.41) is 5.91. The van der Waals surface area contributed by atoms with E-state index in [-0.39, 0.29) is 23.2 Å². The predicted octanol–water partition coefficient (Wildman–Crippen LogP) is 2.94. The molecule has 0 bridgehead atoms. The molecule has 1 saturated heterocycles. The van der Waals surface area contributed by atoms with Crippen LogP contribution >= 0.6 is 0 Å². The maximum absolute atomic E-state index is 13.8. The first-order valence-electron chi connectivity index (χ1n) is 7.40. The van der Waals surface area contributed by atoms with Crippen LogP contribution in [0.25, 0.3) is 0 Å². The quantitative estimate of drug-likeness (QED) is 0.897. The van der Waals surface area contributed by atoms with Crippen molar-refractivity contribution < 1.29 is 13.9 Å². The van der Waals surface area contributed by atoms with Crippen LogP contribution in [-0.2, 0) is 4.74 Å². The number of carbonyl (C=O) groups is 1. The Balaban J connectivity index is 2.12. The van der Waals surface area contributed by atoms with Crippen molar-refractivity contribution in [2.45, 2.75) is 45.3 Å². The Morgan fingerprint density at radius 1 is 1.48 bits per heavy atom. The minimum atomic E-state index is -0.406. The van der Waals surface area contributed by atoms with Crippen LogP contribution in [0.1, 0.15) is 44.0 Å². The van der Waals surface area contributed by atoms with Crippen LogP contribution in [0.2, 0.25) is 0 Å². The average molecular weight is 294 g/mol. The van der Waals surface area contributed by atoms with Gasteiger partial charge in [0, 0.05) is 19.2 Å². The van der Waals surface area contributed by atoms with E-state index in [0.29, 0.717) is 18.7 Å². The molecule has 1 aliphatic heterocycles. The van der Waals surface area contributed by atoms with E-state index >= 15 is 0 Å². The number of carbonyl (C=O) groups excluding carboxylic acids is 1. The van der Waals surface area contributed by atoms with Gasteiger partial charge in [-0.3, -0.25) is 4.79 Å². The standard InChI is InChI=1S/C16H23FN2O2/c1-4-18-14-12(6-5-7-13(14)17)15(20)19-11-8-9-21-16(2,3)10-11/h5-7,11,18H,4,8-10H2,1-3H3,(H,19,20). The Bertz CT molecular complexity index is 517. The van der Waals surface area contributed by atoms with Crippen molar-refractivity contribution in [2.75, 3.05) is 18.5 Å². The predicted molar refractivity (Wildman–Crippen MR) is 81.1 cm³/mol. The first-order valence-corrected chi connectivity index (χ1v) is 7.40. The Kier molecular flexibility index (Phi) is 4.83. The molecule has 0 aliphatic carbocycles. The van der Waals surface area contributed by atoms with Gasteiger partial charge >= 0.3 is 0 Å². The topological polar surface area (TPSA) is 50.4 Å². The molecule has 1 aromatic carbocycles. The fourth-order valence-corrected chi connectivity index (χ4v) is 2.69. The molecule has 2 rings (SSSR count). The molecular weight excluding hydrogens is 271 g/mol. The van der Waals surface area contributed by atoms with Crippen molar-refractivity contribution in [3.05, 3.63) is 29.6 Å². The van der Waals surface area contributed by atoms with E-state index in [1.54, 1.807) is 12.1 Å². The number of benzene rings is 1. The van der Waals surface area contributed by atoms with Crippen LogP contribution in [0.4, 0.5) is 10.1 Å². The molecule has 0 radical (unpaired) electrons. The summed E-state index contributed by atoms with van der Waals surface area (Å²) in [6, 6.07) is 4.60. The van der Waals surface area contributed by atoms with Gasteiger partial charge < -0.3 is 15.4 Å². The number of rotatable bonds is 4. The van der Waals surface area contributed by atoms with Gasteiger partial charge in [-0.2, -0.15) is 0 Å². The highest BCUT2D eigenvalue weighted by molar-refractivity contribution is 5.99. The summed E-state index contributed by atoms with van der Waals surface area (Å²) in [5.41, 5.74) is 0.382. The molecule has 1 heterocycles. The van der Waals surface area contributed by atoms with Crippen LogP contribution < -0.4 is 10.6 Å². The van der Waals surface area contributed by atoms with Crippen molar-refractivity contribution in [3.63, 3.8) is 0 Å². The fourth-order valence-electron chi connectivity index (χ4n) is 2.69. The number of amides is 1. The number of hydrogen-bond donors (Lipinski definition) is 2. The number of hydrogen-bond acceptors (Lipinski definition) is 3. The summed E-state index contributed by atoms with van der Waals surface area (Å²) in [4.78, 5) is 12.4. The summed E-state index contributed by atoms with van der Waals surface area (Å²) in [7, 11) is 0. The van der Waals surface area contributed by atoms with Crippen LogP contribution in [0, 0.1) is 5.82 Å². The van der Waals surface area contributed by atoms with Crippen LogP contribution in [0.3, 0.4) is 0 Å². The minimum Gasteiger partial charge on any atom is -0.382 e. The maximum atomic E-state index is 13.8. The first kappa shape index (κ1) is 15.8. The third-order valence-corrected chi connectivity index (χ3v) is 3.64. The molecule has 2 N–H and O–H groups in total. The average Bonchev–Trinajstić information content (AvgIpc) is 2.40. The number of para-hydroxylation sites is 1. The third kappa shape index (κ3) is 3.94. The number of anilines is 1. The van der Waals surface area contributed by atoms with E-state index in [1.165, 1.54) is 6.07 Å². The van der Waals surface area contributed by atoms with Crippen molar-refractivity contribution in [1.29, 1.82) is 0 Å². The van der Waals surface area contributed by atoms with Crippen molar-refractivity contribution in [2.24, 2.45) is 0 Å². The summed E-state index contributed by atoms with van der Waals surface area (Å²) in [5.74, 6) is -0.648. The number of ether oxygens (including phenoxy) is 1. The Morgan fingerprint density at radius 2 is 2.24 bits per heavy atom. The second-order valence-corrected chi connectivity index (χ2v) is 5.96. The molecular formula is C16H23FN2O2. The van der Waals surface area contributed by atoms with Gasteiger partial charge in [-0.25, -0.2) is 4.39 Å². The zero-order valence-electron chi connectivity index (χ0n) is 12.8. The molecule has 1 atom stereocenters. The molecule has 21 heavy (non-hydrogen) atoms. The van der Waals surface area contributed by atoms with Gasteiger partial charge in [0.15, 0.2) is 0 Å². The molecule has 0 saturated carbocycles. The lowest BCUT2D eigenvalue weighted by molar-refractivity contribution is -0.0615.